The number of aromatic hydroxyl groups is 1. The third-order valence-corrected chi connectivity index (χ3v) is 5.83. The molecule has 0 radical (unpaired) electrons. The Morgan fingerprint density at radius 1 is 1.29 bits per heavy atom. The number of hydrogen-bond donors (Lipinski definition) is 2. The van der Waals surface area contributed by atoms with Crippen LogP contribution in [-0.4, -0.2) is 31.4 Å². The number of nitro groups is 1. The number of aromatic amines is 1. The molecule has 2 aliphatic rings. The van der Waals surface area contributed by atoms with Gasteiger partial charge in [-0.3, -0.25) is 19.8 Å². The number of nitrogens with zero attached hydrogens (tertiary/aromatic N) is 3. The number of phenols is 1. The normalized spacial score (nSPS) is 18.0. The number of hydrogen-bond acceptors (Lipinski definition) is 6. The maximum absolute atomic E-state index is 12.5. The molecule has 8 nitrogen and oxygen atoms in total. The molecule has 8 heteroatoms. The van der Waals surface area contributed by atoms with Crippen LogP contribution in [0.2, 0.25) is 0 Å². The molecule has 0 amide bonds. The summed E-state index contributed by atoms with van der Waals surface area (Å²) in [5, 5.41) is 21.1. The average molecular weight is 384 g/mol. The Hall–Kier alpha value is -2.74. The van der Waals surface area contributed by atoms with Crippen molar-refractivity contribution in [3.05, 3.63) is 61.3 Å². The van der Waals surface area contributed by atoms with Crippen LogP contribution in [0.25, 0.3) is 0 Å². The fourth-order valence-corrected chi connectivity index (χ4v) is 4.27. The SMILES string of the molecule is O=c1[nH]c(C2CCCCC2)nc2c1CCN(Cc1cc([N+](=O)[O-])ccc1O)C2. The fourth-order valence-electron chi connectivity index (χ4n) is 4.27. The van der Waals surface area contributed by atoms with Crippen LogP contribution in [-0.2, 0) is 19.5 Å². The Bertz CT molecular complexity index is 950. The fraction of sp³-hybridized carbons (Fsp3) is 0.500. The van der Waals surface area contributed by atoms with Crippen molar-refractivity contribution in [1.29, 1.82) is 0 Å². The van der Waals surface area contributed by atoms with Crippen molar-refractivity contribution in [2.45, 2.75) is 57.5 Å². The first kappa shape index (κ1) is 18.6. The lowest BCUT2D eigenvalue weighted by molar-refractivity contribution is -0.385. The van der Waals surface area contributed by atoms with Gasteiger partial charge >= 0.3 is 0 Å². The molecule has 1 aliphatic carbocycles. The van der Waals surface area contributed by atoms with Crippen LogP contribution in [0.3, 0.4) is 0 Å². The van der Waals surface area contributed by atoms with E-state index in [1.807, 2.05) is 0 Å². The maximum Gasteiger partial charge on any atom is 0.270 e. The van der Waals surface area contributed by atoms with Crippen molar-refractivity contribution in [2.75, 3.05) is 6.54 Å². The van der Waals surface area contributed by atoms with Crippen molar-refractivity contribution in [1.82, 2.24) is 14.9 Å². The average Bonchev–Trinajstić information content (AvgIpc) is 2.70. The Morgan fingerprint density at radius 3 is 2.82 bits per heavy atom. The molecule has 2 N–H and O–H groups in total. The number of rotatable bonds is 4. The summed E-state index contributed by atoms with van der Waals surface area (Å²) in [6.07, 6.45) is 6.29. The molecule has 1 fully saturated rings. The minimum Gasteiger partial charge on any atom is -0.508 e. The molecule has 2 heterocycles. The van der Waals surface area contributed by atoms with Gasteiger partial charge in [-0.1, -0.05) is 19.3 Å². The number of aromatic nitrogens is 2. The quantitative estimate of drug-likeness (QED) is 0.619. The van der Waals surface area contributed by atoms with Gasteiger partial charge in [0, 0.05) is 48.8 Å². The van der Waals surface area contributed by atoms with Crippen LogP contribution in [0.4, 0.5) is 5.69 Å². The Morgan fingerprint density at radius 2 is 2.07 bits per heavy atom. The second-order valence-corrected chi connectivity index (χ2v) is 7.74. The number of H-pyrrole nitrogens is 1. The molecule has 0 bridgehead atoms. The smallest absolute Gasteiger partial charge is 0.270 e. The number of fused-ring (bicyclic) bond motifs is 1. The summed E-state index contributed by atoms with van der Waals surface area (Å²) < 4.78 is 0. The number of nitro benzene ring substituents is 1. The molecule has 0 atom stereocenters. The van der Waals surface area contributed by atoms with E-state index in [0.717, 1.165) is 29.9 Å². The summed E-state index contributed by atoms with van der Waals surface area (Å²) >= 11 is 0. The molecule has 2 aromatic rings. The van der Waals surface area contributed by atoms with Crippen LogP contribution in [0.5, 0.6) is 5.75 Å². The first-order valence-electron chi connectivity index (χ1n) is 9.82. The van der Waals surface area contributed by atoms with E-state index in [-0.39, 0.29) is 17.0 Å². The zero-order valence-electron chi connectivity index (χ0n) is 15.7. The molecule has 28 heavy (non-hydrogen) atoms. The monoisotopic (exact) mass is 384 g/mol. The van der Waals surface area contributed by atoms with Crippen LogP contribution < -0.4 is 5.56 Å². The highest BCUT2D eigenvalue weighted by molar-refractivity contribution is 5.43. The molecule has 1 saturated carbocycles. The predicted octanol–water partition coefficient (Wildman–Crippen LogP) is 2.99. The van der Waals surface area contributed by atoms with Crippen LogP contribution in [0.15, 0.2) is 23.0 Å². The van der Waals surface area contributed by atoms with E-state index in [1.54, 1.807) is 0 Å². The van der Waals surface area contributed by atoms with Crippen LogP contribution in [0, 0.1) is 10.1 Å². The molecule has 0 unspecified atom stereocenters. The Kier molecular flexibility index (Phi) is 5.13. The van der Waals surface area contributed by atoms with E-state index >= 15 is 0 Å². The first-order chi connectivity index (χ1) is 13.5. The van der Waals surface area contributed by atoms with Gasteiger partial charge in [-0.25, -0.2) is 4.98 Å². The Balaban J connectivity index is 1.56. The molecule has 1 aromatic heterocycles. The molecular weight excluding hydrogens is 360 g/mol. The summed E-state index contributed by atoms with van der Waals surface area (Å²) in [5.41, 5.74) is 1.96. The lowest BCUT2D eigenvalue weighted by Crippen LogP contribution is -2.35. The van der Waals surface area contributed by atoms with E-state index in [0.29, 0.717) is 37.5 Å². The number of benzene rings is 1. The van der Waals surface area contributed by atoms with Gasteiger partial charge in [-0.05, 0) is 25.3 Å². The molecule has 0 saturated heterocycles. The van der Waals surface area contributed by atoms with Gasteiger partial charge in [0.1, 0.15) is 11.6 Å². The van der Waals surface area contributed by atoms with E-state index in [1.165, 1.54) is 37.5 Å². The van der Waals surface area contributed by atoms with Crippen molar-refractivity contribution >= 4 is 5.69 Å². The van der Waals surface area contributed by atoms with Gasteiger partial charge in [0.25, 0.3) is 11.2 Å². The second-order valence-electron chi connectivity index (χ2n) is 7.74. The number of phenolic OH excluding ortho intramolecular Hbond substituents is 1. The third kappa shape index (κ3) is 3.77. The molecular formula is C20H24N4O4. The predicted molar refractivity (Wildman–Crippen MR) is 103 cm³/mol. The molecule has 1 aromatic carbocycles. The van der Waals surface area contributed by atoms with Crippen molar-refractivity contribution in [3.8, 4) is 5.75 Å². The highest BCUT2D eigenvalue weighted by Crippen LogP contribution is 2.31. The van der Waals surface area contributed by atoms with Crippen LogP contribution >= 0.6 is 0 Å². The largest absolute Gasteiger partial charge is 0.508 e. The van der Waals surface area contributed by atoms with E-state index in [4.69, 9.17) is 4.98 Å². The molecule has 148 valence electrons. The third-order valence-electron chi connectivity index (χ3n) is 5.83. The van der Waals surface area contributed by atoms with Gasteiger partial charge in [-0.15, -0.1) is 0 Å². The first-order valence-corrected chi connectivity index (χ1v) is 9.82. The summed E-state index contributed by atoms with van der Waals surface area (Å²) in [6, 6.07) is 4.06. The topological polar surface area (TPSA) is 112 Å². The highest BCUT2D eigenvalue weighted by Gasteiger charge is 2.25. The minimum atomic E-state index is -0.466. The van der Waals surface area contributed by atoms with Gasteiger partial charge in [-0.2, -0.15) is 0 Å². The molecule has 4 rings (SSSR count). The van der Waals surface area contributed by atoms with E-state index < -0.39 is 4.92 Å². The van der Waals surface area contributed by atoms with Crippen molar-refractivity contribution in [2.24, 2.45) is 0 Å². The summed E-state index contributed by atoms with van der Waals surface area (Å²) in [5.74, 6) is 1.16. The second kappa shape index (κ2) is 7.71. The highest BCUT2D eigenvalue weighted by atomic mass is 16.6. The zero-order chi connectivity index (χ0) is 19.7. The Labute approximate surface area is 162 Å². The lowest BCUT2D eigenvalue weighted by atomic mass is 9.88. The standard InChI is InChI=1S/C20H24N4O4/c25-18-7-6-15(24(27)28)10-14(18)11-23-9-8-16-17(12-23)21-19(22-20(16)26)13-4-2-1-3-5-13/h6-7,10,13,25H,1-5,8-9,11-12H2,(H,21,22,26). The van der Waals surface area contributed by atoms with Crippen LogP contribution in [0.1, 0.15) is 60.7 Å². The van der Waals surface area contributed by atoms with Crippen molar-refractivity contribution < 1.29 is 10.0 Å². The summed E-state index contributed by atoms with van der Waals surface area (Å²) in [6.45, 7) is 1.52. The lowest BCUT2D eigenvalue weighted by Gasteiger charge is -2.29. The van der Waals surface area contributed by atoms with Crippen molar-refractivity contribution in [3.63, 3.8) is 0 Å². The van der Waals surface area contributed by atoms with Gasteiger partial charge in [0.05, 0.1) is 10.6 Å². The number of non-ortho nitro benzene ring substituents is 1. The summed E-state index contributed by atoms with van der Waals surface area (Å²) in [4.78, 5) is 32.9. The van der Waals surface area contributed by atoms with Gasteiger partial charge < -0.3 is 10.1 Å². The number of nitrogens with one attached hydrogen (secondary N) is 1. The summed E-state index contributed by atoms with van der Waals surface area (Å²) in [7, 11) is 0. The molecule has 1 aliphatic heterocycles. The van der Waals surface area contributed by atoms with E-state index in [9.17, 15) is 20.0 Å². The maximum atomic E-state index is 12.5. The zero-order valence-corrected chi connectivity index (χ0v) is 15.7. The molecule has 0 spiro atoms. The minimum absolute atomic E-state index is 0.0385. The van der Waals surface area contributed by atoms with Gasteiger partial charge in [0.2, 0.25) is 0 Å². The van der Waals surface area contributed by atoms with E-state index in [2.05, 4.69) is 9.88 Å². The van der Waals surface area contributed by atoms with Gasteiger partial charge in [0.15, 0.2) is 0 Å².